The van der Waals surface area contributed by atoms with Crippen LogP contribution in [-0.4, -0.2) is 16.1 Å². The predicted molar refractivity (Wildman–Crippen MR) is 57.2 cm³/mol. The van der Waals surface area contributed by atoms with E-state index in [4.69, 9.17) is 5.11 Å². The molecule has 1 heterocycles. The van der Waals surface area contributed by atoms with Gasteiger partial charge in [0.1, 0.15) is 10.5 Å². The van der Waals surface area contributed by atoms with Gasteiger partial charge in [0.05, 0.1) is 5.69 Å². The summed E-state index contributed by atoms with van der Waals surface area (Å²) in [7, 11) is 0. The number of carboxylic acid groups (broad SMARTS) is 1. The van der Waals surface area contributed by atoms with Crippen molar-refractivity contribution in [2.75, 3.05) is 0 Å². The maximum absolute atomic E-state index is 11.0. The van der Waals surface area contributed by atoms with Gasteiger partial charge < -0.3 is 5.11 Å². The highest BCUT2D eigenvalue weighted by molar-refractivity contribution is 9.10. The summed E-state index contributed by atoms with van der Waals surface area (Å²) in [6.07, 6.45) is 0. The van der Waals surface area contributed by atoms with Crippen LogP contribution in [0, 0.1) is 5.92 Å². The Morgan fingerprint density at radius 3 is 2.57 bits per heavy atom. The third-order valence-electron chi connectivity index (χ3n) is 1.99. The average Bonchev–Trinajstić information content (AvgIpc) is 2.02. The molecule has 0 spiro atoms. The van der Waals surface area contributed by atoms with Crippen molar-refractivity contribution in [3.63, 3.8) is 0 Å². The summed E-state index contributed by atoms with van der Waals surface area (Å²) in [4.78, 5) is 15.1. The molecule has 76 valence electrons. The maximum Gasteiger partial charge on any atom is 0.312 e. The number of hydrogen-bond donors (Lipinski definition) is 1. The normalized spacial score (nSPS) is 12.9. The lowest BCUT2D eigenvalue weighted by Crippen LogP contribution is -2.18. The molecule has 0 saturated carbocycles. The summed E-state index contributed by atoms with van der Waals surface area (Å²) in [6.45, 7) is 3.75. The van der Waals surface area contributed by atoms with Crippen LogP contribution in [0.15, 0.2) is 22.8 Å². The summed E-state index contributed by atoms with van der Waals surface area (Å²) in [5, 5.41) is 9.03. The highest BCUT2D eigenvalue weighted by Gasteiger charge is 2.24. The van der Waals surface area contributed by atoms with Crippen LogP contribution in [0.25, 0.3) is 0 Å². The minimum absolute atomic E-state index is 0.0364. The SMILES string of the molecule is CC(C)C(C(=O)O)c1cccc(Br)n1. The third-order valence-corrected chi connectivity index (χ3v) is 2.43. The molecule has 1 N–H and O–H groups in total. The zero-order chi connectivity index (χ0) is 10.7. The standard InChI is InChI=1S/C10H12BrNO2/c1-6(2)9(10(13)14)7-4-3-5-8(11)12-7/h3-6,9H,1-2H3,(H,13,14). The Bertz CT molecular complexity index is 339. The van der Waals surface area contributed by atoms with Gasteiger partial charge >= 0.3 is 5.97 Å². The molecule has 4 heteroatoms. The van der Waals surface area contributed by atoms with Crippen molar-refractivity contribution in [1.29, 1.82) is 0 Å². The Morgan fingerprint density at radius 1 is 1.50 bits per heavy atom. The lowest BCUT2D eigenvalue weighted by molar-refractivity contribution is -0.140. The van der Waals surface area contributed by atoms with Crippen LogP contribution < -0.4 is 0 Å². The first kappa shape index (κ1) is 11.2. The Kier molecular flexibility index (Phi) is 3.63. The van der Waals surface area contributed by atoms with Crippen molar-refractivity contribution in [2.45, 2.75) is 19.8 Å². The lowest BCUT2D eigenvalue weighted by Gasteiger charge is -2.15. The van der Waals surface area contributed by atoms with Crippen LogP contribution in [0.4, 0.5) is 0 Å². The molecule has 0 amide bonds. The Balaban J connectivity index is 3.05. The number of aromatic nitrogens is 1. The lowest BCUT2D eigenvalue weighted by atomic mass is 9.92. The van der Waals surface area contributed by atoms with Crippen molar-refractivity contribution in [1.82, 2.24) is 4.98 Å². The summed E-state index contributed by atoms with van der Waals surface area (Å²) in [6, 6.07) is 5.32. The van der Waals surface area contributed by atoms with E-state index in [1.807, 2.05) is 13.8 Å². The topological polar surface area (TPSA) is 50.2 Å². The summed E-state index contributed by atoms with van der Waals surface area (Å²) in [5.74, 6) is -1.33. The Morgan fingerprint density at radius 2 is 2.14 bits per heavy atom. The van der Waals surface area contributed by atoms with Gasteiger partial charge in [-0.05, 0) is 34.0 Å². The summed E-state index contributed by atoms with van der Waals surface area (Å²) in [5.41, 5.74) is 0.599. The number of halogens is 1. The molecule has 0 radical (unpaired) electrons. The fraction of sp³-hybridized carbons (Fsp3) is 0.400. The summed E-state index contributed by atoms with van der Waals surface area (Å²) >= 11 is 3.22. The molecule has 1 unspecified atom stereocenters. The molecule has 1 aromatic heterocycles. The highest BCUT2D eigenvalue weighted by Crippen LogP contribution is 2.23. The first-order valence-electron chi connectivity index (χ1n) is 4.37. The van der Waals surface area contributed by atoms with Crippen LogP contribution in [0.2, 0.25) is 0 Å². The average molecular weight is 258 g/mol. The van der Waals surface area contributed by atoms with E-state index < -0.39 is 11.9 Å². The van der Waals surface area contributed by atoms with Gasteiger partial charge in [-0.1, -0.05) is 19.9 Å². The minimum Gasteiger partial charge on any atom is -0.481 e. The molecule has 1 atom stereocenters. The third kappa shape index (κ3) is 2.54. The van der Waals surface area contributed by atoms with Crippen molar-refractivity contribution >= 4 is 21.9 Å². The molecule has 0 aliphatic heterocycles. The quantitative estimate of drug-likeness (QED) is 0.848. The van der Waals surface area contributed by atoms with Crippen LogP contribution >= 0.6 is 15.9 Å². The predicted octanol–water partition coefficient (Wildman–Crippen LogP) is 2.67. The van der Waals surface area contributed by atoms with Gasteiger partial charge in [0.15, 0.2) is 0 Å². The van der Waals surface area contributed by atoms with E-state index in [9.17, 15) is 4.79 Å². The molecule has 0 aromatic carbocycles. The minimum atomic E-state index is -0.828. The van der Waals surface area contributed by atoms with E-state index in [0.717, 1.165) is 0 Å². The summed E-state index contributed by atoms with van der Waals surface area (Å²) < 4.78 is 0.668. The zero-order valence-corrected chi connectivity index (χ0v) is 9.65. The van der Waals surface area contributed by atoms with E-state index in [-0.39, 0.29) is 5.92 Å². The van der Waals surface area contributed by atoms with E-state index in [1.54, 1.807) is 18.2 Å². The second-order valence-corrected chi connectivity index (χ2v) is 4.26. The number of rotatable bonds is 3. The highest BCUT2D eigenvalue weighted by atomic mass is 79.9. The molecule has 0 saturated heterocycles. The number of nitrogens with zero attached hydrogens (tertiary/aromatic N) is 1. The van der Waals surface area contributed by atoms with Gasteiger partial charge in [0.25, 0.3) is 0 Å². The first-order chi connectivity index (χ1) is 6.52. The largest absolute Gasteiger partial charge is 0.481 e. The van der Waals surface area contributed by atoms with Gasteiger partial charge in [-0.2, -0.15) is 0 Å². The number of aliphatic carboxylic acids is 1. The van der Waals surface area contributed by atoms with E-state index in [0.29, 0.717) is 10.3 Å². The van der Waals surface area contributed by atoms with E-state index in [1.165, 1.54) is 0 Å². The maximum atomic E-state index is 11.0. The monoisotopic (exact) mass is 257 g/mol. The van der Waals surface area contributed by atoms with Gasteiger partial charge in [-0.25, -0.2) is 4.98 Å². The molecule has 0 aliphatic rings. The molecule has 1 rings (SSSR count). The second kappa shape index (κ2) is 4.55. The number of carboxylic acids is 1. The van der Waals surface area contributed by atoms with Crippen molar-refractivity contribution in [3.05, 3.63) is 28.5 Å². The number of carbonyl (C=O) groups is 1. The van der Waals surface area contributed by atoms with Crippen LogP contribution in [0.3, 0.4) is 0 Å². The van der Waals surface area contributed by atoms with Crippen molar-refractivity contribution < 1.29 is 9.90 Å². The number of pyridine rings is 1. The number of hydrogen-bond acceptors (Lipinski definition) is 2. The zero-order valence-electron chi connectivity index (χ0n) is 8.07. The van der Waals surface area contributed by atoms with Crippen LogP contribution in [-0.2, 0) is 4.79 Å². The molecular weight excluding hydrogens is 246 g/mol. The van der Waals surface area contributed by atoms with Crippen LogP contribution in [0.5, 0.6) is 0 Å². The van der Waals surface area contributed by atoms with Crippen molar-refractivity contribution in [2.24, 2.45) is 5.92 Å². The van der Waals surface area contributed by atoms with Crippen LogP contribution in [0.1, 0.15) is 25.5 Å². The van der Waals surface area contributed by atoms with Gasteiger partial charge in [-0.3, -0.25) is 4.79 Å². The van der Waals surface area contributed by atoms with Gasteiger partial charge in [0.2, 0.25) is 0 Å². The molecule has 0 bridgehead atoms. The fourth-order valence-corrected chi connectivity index (χ4v) is 1.71. The molecule has 14 heavy (non-hydrogen) atoms. The molecule has 1 aromatic rings. The van der Waals surface area contributed by atoms with E-state index in [2.05, 4.69) is 20.9 Å². The molecule has 0 fully saturated rings. The van der Waals surface area contributed by atoms with E-state index >= 15 is 0 Å². The molecule has 3 nitrogen and oxygen atoms in total. The first-order valence-corrected chi connectivity index (χ1v) is 5.17. The Hall–Kier alpha value is -0.900. The molecular formula is C10H12BrNO2. The fourth-order valence-electron chi connectivity index (χ4n) is 1.35. The Labute approximate surface area is 91.3 Å². The molecule has 0 aliphatic carbocycles. The smallest absolute Gasteiger partial charge is 0.312 e. The van der Waals surface area contributed by atoms with Gasteiger partial charge in [0, 0.05) is 0 Å². The second-order valence-electron chi connectivity index (χ2n) is 3.45. The van der Waals surface area contributed by atoms with Gasteiger partial charge in [-0.15, -0.1) is 0 Å². The van der Waals surface area contributed by atoms with Crippen molar-refractivity contribution in [3.8, 4) is 0 Å².